The molecule has 0 fully saturated rings. The van der Waals surface area contributed by atoms with E-state index in [-0.39, 0.29) is 35.5 Å². The number of nitrogens with zero attached hydrogens (tertiary/aromatic N) is 2. The molecule has 224 valence electrons. The van der Waals surface area contributed by atoms with E-state index in [1.54, 1.807) is 43.3 Å². The molecule has 0 aliphatic carbocycles. The highest BCUT2D eigenvalue weighted by molar-refractivity contribution is 7.92. The number of carbonyl (C=O) groups is 2. The predicted molar refractivity (Wildman–Crippen MR) is 171 cm³/mol. The number of hydrogen-bond acceptors (Lipinski definition) is 4. The lowest BCUT2D eigenvalue weighted by Crippen LogP contribution is -2.54. The Morgan fingerprint density at radius 3 is 1.93 bits per heavy atom. The first-order valence-electron chi connectivity index (χ1n) is 14.1. The van der Waals surface area contributed by atoms with Gasteiger partial charge in [-0.2, -0.15) is 0 Å². The van der Waals surface area contributed by atoms with Crippen molar-refractivity contribution in [1.29, 1.82) is 0 Å². The maximum absolute atomic E-state index is 14.4. The molecule has 0 aromatic heterocycles. The molecule has 1 atom stereocenters. The maximum atomic E-state index is 14.4. The second-order valence-corrected chi connectivity index (χ2v) is 12.9. The number of amides is 2. The summed E-state index contributed by atoms with van der Waals surface area (Å²) in [4.78, 5) is 29.7. The molecule has 0 radical (unpaired) electrons. The summed E-state index contributed by atoms with van der Waals surface area (Å²) in [5.41, 5.74) is 2.49. The van der Waals surface area contributed by atoms with Gasteiger partial charge in [-0.15, -0.1) is 0 Å². The average Bonchev–Trinajstić information content (AvgIpc) is 3.00. The van der Waals surface area contributed by atoms with Crippen molar-refractivity contribution in [3.8, 4) is 0 Å². The monoisotopic (exact) mass is 617 g/mol. The summed E-state index contributed by atoms with van der Waals surface area (Å²) in [6, 6.07) is 30.7. The van der Waals surface area contributed by atoms with E-state index in [9.17, 15) is 18.0 Å². The van der Waals surface area contributed by atoms with Crippen molar-refractivity contribution >= 4 is 39.1 Å². The zero-order chi connectivity index (χ0) is 31.0. The molecule has 0 heterocycles. The fourth-order valence-corrected chi connectivity index (χ4v) is 6.48. The molecule has 0 aliphatic rings. The number of halogens is 1. The summed E-state index contributed by atoms with van der Waals surface area (Å²) < 4.78 is 29.3. The molecule has 0 saturated heterocycles. The van der Waals surface area contributed by atoms with Crippen LogP contribution in [-0.4, -0.2) is 43.8 Å². The van der Waals surface area contributed by atoms with Gasteiger partial charge in [-0.05, 0) is 61.7 Å². The van der Waals surface area contributed by atoms with Crippen molar-refractivity contribution in [1.82, 2.24) is 10.2 Å². The molecule has 0 aliphatic heterocycles. The first kappa shape index (κ1) is 31.8. The van der Waals surface area contributed by atoms with Crippen molar-refractivity contribution in [2.24, 2.45) is 0 Å². The molecule has 0 spiro atoms. The third-order valence-electron chi connectivity index (χ3n) is 7.02. The van der Waals surface area contributed by atoms with Crippen LogP contribution in [0.2, 0.25) is 5.02 Å². The molecule has 0 unspecified atom stereocenters. The number of nitrogens with one attached hydrogen (secondary N) is 1. The topological polar surface area (TPSA) is 86.8 Å². The molecular weight excluding hydrogens is 582 g/mol. The second kappa shape index (κ2) is 14.4. The van der Waals surface area contributed by atoms with Gasteiger partial charge in [0.2, 0.25) is 11.8 Å². The van der Waals surface area contributed by atoms with Gasteiger partial charge in [-0.25, -0.2) is 8.42 Å². The number of carbonyl (C=O) groups excluding carboxylic acids is 2. The minimum Gasteiger partial charge on any atom is -0.352 e. The SMILES string of the molecule is Cc1c(Cl)cccc1N(CC(=O)N(Cc1ccccc1)[C@H](Cc1ccccc1)C(=O)NC(C)C)S(=O)(=O)c1ccccc1. The Morgan fingerprint density at radius 1 is 0.791 bits per heavy atom. The summed E-state index contributed by atoms with van der Waals surface area (Å²) in [5.74, 6) is -0.845. The highest BCUT2D eigenvalue weighted by Crippen LogP contribution is 2.31. The second-order valence-electron chi connectivity index (χ2n) is 10.6. The van der Waals surface area contributed by atoms with E-state index in [0.717, 1.165) is 15.4 Å². The average molecular weight is 618 g/mol. The Balaban J connectivity index is 1.82. The van der Waals surface area contributed by atoms with Gasteiger partial charge in [-0.1, -0.05) is 96.5 Å². The van der Waals surface area contributed by atoms with Gasteiger partial charge >= 0.3 is 0 Å². The summed E-state index contributed by atoms with van der Waals surface area (Å²) in [6.07, 6.45) is 0.250. The molecule has 4 aromatic rings. The number of benzene rings is 4. The maximum Gasteiger partial charge on any atom is 0.264 e. The van der Waals surface area contributed by atoms with Gasteiger partial charge in [-0.3, -0.25) is 13.9 Å². The van der Waals surface area contributed by atoms with E-state index in [2.05, 4.69) is 5.32 Å². The third kappa shape index (κ3) is 8.03. The summed E-state index contributed by atoms with van der Waals surface area (Å²) >= 11 is 6.42. The van der Waals surface area contributed by atoms with Crippen molar-refractivity contribution in [2.45, 2.75) is 50.7 Å². The van der Waals surface area contributed by atoms with Crippen molar-refractivity contribution in [3.05, 3.63) is 131 Å². The fraction of sp³-hybridized carbons (Fsp3) is 0.235. The molecular formula is C34H36ClN3O4S. The smallest absolute Gasteiger partial charge is 0.264 e. The number of rotatable bonds is 12. The van der Waals surface area contributed by atoms with Gasteiger partial charge < -0.3 is 10.2 Å². The predicted octanol–water partition coefficient (Wildman–Crippen LogP) is 6.01. The zero-order valence-corrected chi connectivity index (χ0v) is 26.1. The van der Waals surface area contributed by atoms with Crippen molar-refractivity contribution in [3.63, 3.8) is 0 Å². The van der Waals surface area contributed by atoms with Crippen LogP contribution in [0.1, 0.15) is 30.5 Å². The molecule has 2 amide bonds. The summed E-state index contributed by atoms with van der Waals surface area (Å²) in [7, 11) is -4.19. The molecule has 43 heavy (non-hydrogen) atoms. The van der Waals surface area contributed by atoms with Crippen LogP contribution >= 0.6 is 11.6 Å². The highest BCUT2D eigenvalue weighted by Gasteiger charge is 2.35. The number of anilines is 1. The van der Waals surface area contributed by atoms with E-state index in [0.29, 0.717) is 10.6 Å². The lowest BCUT2D eigenvalue weighted by Gasteiger charge is -2.34. The minimum atomic E-state index is -4.19. The van der Waals surface area contributed by atoms with Gasteiger partial charge in [0.1, 0.15) is 12.6 Å². The Hall–Kier alpha value is -4.14. The fourth-order valence-electron chi connectivity index (χ4n) is 4.81. The lowest BCUT2D eigenvalue weighted by atomic mass is 10.0. The van der Waals surface area contributed by atoms with Crippen LogP contribution in [0.15, 0.2) is 114 Å². The van der Waals surface area contributed by atoms with Crippen LogP contribution in [-0.2, 0) is 32.6 Å². The van der Waals surface area contributed by atoms with Gasteiger partial charge in [0, 0.05) is 24.0 Å². The Kier molecular flexibility index (Phi) is 10.6. The van der Waals surface area contributed by atoms with Crippen LogP contribution in [0.5, 0.6) is 0 Å². The van der Waals surface area contributed by atoms with Gasteiger partial charge in [0.05, 0.1) is 10.6 Å². The van der Waals surface area contributed by atoms with Gasteiger partial charge in [0.25, 0.3) is 10.0 Å². The van der Waals surface area contributed by atoms with E-state index in [4.69, 9.17) is 11.6 Å². The highest BCUT2D eigenvalue weighted by atomic mass is 35.5. The van der Waals surface area contributed by atoms with E-state index in [1.165, 1.54) is 17.0 Å². The van der Waals surface area contributed by atoms with Crippen molar-refractivity contribution < 1.29 is 18.0 Å². The minimum absolute atomic E-state index is 0.0372. The number of sulfonamides is 1. The third-order valence-corrected chi connectivity index (χ3v) is 9.20. The molecule has 1 N–H and O–H groups in total. The molecule has 4 aromatic carbocycles. The first-order valence-corrected chi connectivity index (χ1v) is 15.9. The normalized spacial score (nSPS) is 12.0. The van der Waals surface area contributed by atoms with Crippen LogP contribution in [0.3, 0.4) is 0 Å². The van der Waals surface area contributed by atoms with Crippen LogP contribution < -0.4 is 9.62 Å². The van der Waals surface area contributed by atoms with Crippen molar-refractivity contribution in [2.75, 3.05) is 10.8 Å². The zero-order valence-electron chi connectivity index (χ0n) is 24.5. The summed E-state index contributed by atoms with van der Waals surface area (Å²) in [5, 5.41) is 3.33. The quantitative estimate of drug-likeness (QED) is 0.211. The van der Waals surface area contributed by atoms with E-state index < -0.39 is 28.5 Å². The van der Waals surface area contributed by atoms with Crippen LogP contribution in [0.25, 0.3) is 0 Å². The Labute approximate surface area is 259 Å². The molecule has 7 nitrogen and oxygen atoms in total. The Bertz CT molecular complexity index is 1630. The Morgan fingerprint density at radius 2 is 1.35 bits per heavy atom. The molecule has 9 heteroatoms. The number of hydrogen-bond donors (Lipinski definition) is 1. The van der Waals surface area contributed by atoms with Crippen LogP contribution in [0, 0.1) is 6.92 Å². The summed E-state index contributed by atoms with van der Waals surface area (Å²) in [6.45, 7) is 5.00. The largest absolute Gasteiger partial charge is 0.352 e. The van der Waals surface area contributed by atoms with E-state index in [1.807, 2.05) is 74.5 Å². The standard InChI is InChI=1S/C34H36ClN3O4S/c1-25(2)36-34(40)32(22-27-14-7-4-8-15-27)37(23-28-16-9-5-10-17-28)33(39)24-38(31-21-13-20-30(35)26(31)3)43(41,42)29-18-11-6-12-19-29/h4-21,25,32H,22-24H2,1-3H3,(H,36,40)/t32-/m1/s1. The first-order chi connectivity index (χ1) is 20.6. The molecule has 4 rings (SSSR count). The van der Waals surface area contributed by atoms with Gasteiger partial charge in [0.15, 0.2) is 0 Å². The molecule has 0 bridgehead atoms. The van der Waals surface area contributed by atoms with Crippen LogP contribution in [0.4, 0.5) is 5.69 Å². The van der Waals surface area contributed by atoms with E-state index >= 15 is 0 Å². The lowest BCUT2D eigenvalue weighted by molar-refractivity contribution is -0.140. The molecule has 0 saturated carbocycles.